The maximum absolute atomic E-state index is 14.1. The minimum atomic E-state index is -0.165. The van der Waals surface area contributed by atoms with Crippen molar-refractivity contribution in [1.82, 2.24) is 5.32 Å². The van der Waals surface area contributed by atoms with Gasteiger partial charge in [0.25, 0.3) is 0 Å². The summed E-state index contributed by atoms with van der Waals surface area (Å²) in [6.07, 6.45) is 1.08. The van der Waals surface area contributed by atoms with Crippen LogP contribution in [0.3, 0.4) is 0 Å². The molecule has 0 fully saturated rings. The molecule has 0 aromatic heterocycles. The van der Waals surface area contributed by atoms with Crippen molar-refractivity contribution in [3.63, 3.8) is 0 Å². The van der Waals surface area contributed by atoms with E-state index in [0.717, 1.165) is 27.9 Å². The molecule has 0 atom stereocenters. The average molecular weight is 354 g/mol. The Morgan fingerprint density at radius 1 is 1.15 bits per heavy atom. The zero-order valence-corrected chi connectivity index (χ0v) is 13.7. The molecule has 20 heavy (non-hydrogen) atoms. The molecule has 0 aliphatic rings. The lowest BCUT2D eigenvalue weighted by Gasteiger charge is -2.08. The fraction of sp³-hybridized carbons (Fsp3) is 0.250. The Labute approximate surface area is 132 Å². The van der Waals surface area contributed by atoms with Crippen molar-refractivity contribution in [1.29, 1.82) is 0 Å². The van der Waals surface area contributed by atoms with E-state index in [1.807, 2.05) is 36.4 Å². The van der Waals surface area contributed by atoms with Gasteiger partial charge < -0.3 is 5.32 Å². The summed E-state index contributed by atoms with van der Waals surface area (Å²) in [6.45, 7) is 3.78. The highest BCUT2D eigenvalue weighted by Gasteiger charge is 2.07. The molecule has 1 N–H and O–H groups in total. The monoisotopic (exact) mass is 353 g/mol. The quantitative estimate of drug-likeness (QED) is 0.712. The van der Waals surface area contributed by atoms with Crippen LogP contribution in [0.1, 0.15) is 18.9 Å². The Kier molecular flexibility index (Phi) is 6.07. The molecule has 2 aromatic carbocycles. The van der Waals surface area contributed by atoms with Gasteiger partial charge in [-0.2, -0.15) is 0 Å². The second kappa shape index (κ2) is 7.81. The minimum Gasteiger partial charge on any atom is -0.313 e. The number of hydrogen-bond donors (Lipinski definition) is 1. The standard InChI is InChI=1S/C16H17BrFNS/c1-2-9-19-11-12-7-8-16(14(18)10-12)20-15-6-4-3-5-13(15)17/h3-8,10,19H,2,9,11H2,1H3. The van der Waals surface area contributed by atoms with Crippen LogP contribution in [0.15, 0.2) is 56.7 Å². The molecule has 4 heteroatoms. The van der Waals surface area contributed by atoms with Gasteiger partial charge in [-0.05, 0) is 58.7 Å². The molecule has 2 aromatic rings. The van der Waals surface area contributed by atoms with Crippen LogP contribution in [0.5, 0.6) is 0 Å². The van der Waals surface area contributed by atoms with Gasteiger partial charge in [-0.25, -0.2) is 4.39 Å². The van der Waals surface area contributed by atoms with Gasteiger partial charge in [0.15, 0.2) is 0 Å². The molecule has 0 unspecified atom stereocenters. The molecule has 106 valence electrons. The molecule has 2 rings (SSSR count). The first kappa shape index (κ1) is 15.5. The van der Waals surface area contributed by atoms with Crippen molar-refractivity contribution in [3.05, 3.63) is 58.3 Å². The summed E-state index contributed by atoms with van der Waals surface area (Å²) in [5.41, 5.74) is 0.979. The third-order valence-electron chi connectivity index (χ3n) is 2.81. The Hall–Kier alpha value is -0.840. The van der Waals surface area contributed by atoms with Crippen LogP contribution in [0.25, 0.3) is 0 Å². The van der Waals surface area contributed by atoms with Crippen molar-refractivity contribution in [3.8, 4) is 0 Å². The van der Waals surface area contributed by atoms with Gasteiger partial charge >= 0.3 is 0 Å². The summed E-state index contributed by atoms with van der Waals surface area (Å²) in [4.78, 5) is 1.67. The highest BCUT2D eigenvalue weighted by molar-refractivity contribution is 9.10. The smallest absolute Gasteiger partial charge is 0.137 e. The summed E-state index contributed by atoms with van der Waals surface area (Å²) in [5.74, 6) is -0.165. The second-order valence-electron chi connectivity index (χ2n) is 4.47. The predicted molar refractivity (Wildman–Crippen MR) is 86.7 cm³/mol. The number of halogens is 2. The third-order valence-corrected chi connectivity index (χ3v) is 4.89. The molecular weight excluding hydrogens is 337 g/mol. The van der Waals surface area contributed by atoms with Crippen LogP contribution in [0.4, 0.5) is 4.39 Å². The highest BCUT2D eigenvalue weighted by Crippen LogP contribution is 2.34. The Morgan fingerprint density at radius 2 is 1.95 bits per heavy atom. The number of benzene rings is 2. The summed E-state index contributed by atoms with van der Waals surface area (Å²) < 4.78 is 15.1. The molecule has 0 saturated carbocycles. The number of nitrogens with one attached hydrogen (secondary N) is 1. The van der Waals surface area contributed by atoms with Gasteiger partial charge in [-0.3, -0.25) is 0 Å². The first-order chi connectivity index (χ1) is 9.70. The molecule has 1 nitrogen and oxygen atoms in total. The fourth-order valence-corrected chi connectivity index (χ4v) is 3.16. The van der Waals surface area contributed by atoms with Crippen LogP contribution < -0.4 is 5.32 Å². The molecular formula is C16H17BrFNS. The van der Waals surface area contributed by atoms with Crippen LogP contribution in [0.2, 0.25) is 0 Å². The highest BCUT2D eigenvalue weighted by atomic mass is 79.9. The molecule has 0 aliphatic heterocycles. The van der Waals surface area contributed by atoms with E-state index in [2.05, 4.69) is 28.2 Å². The Morgan fingerprint density at radius 3 is 2.65 bits per heavy atom. The summed E-state index contributed by atoms with van der Waals surface area (Å²) in [6, 6.07) is 13.3. The van der Waals surface area contributed by atoms with Crippen molar-refractivity contribution in [2.24, 2.45) is 0 Å². The fourth-order valence-electron chi connectivity index (χ4n) is 1.79. The van der Waals surface area contributed by atoms with Gasteiger partial charge in [0.05, 0.1) is 0 Å². The zero-order valence-electron chi connectivity index (χ0n) is 11.3. The van der Waals surface area contributed by atoms with Gasteiger partial charge in [-0.15, -0.1) is 0 Å². The lowest BCUT2D eigenvalue weighted by Crippen LogP contribution is -2.13. The lowest BCUT2D eigenvalue weighted by molar-refractivity contribution is 0.595. The third kappa shape index (κ3) is 4.33. The SMILES string of the molecule is CCCNCc1ccc(Sc2ccccc2Br)c(F)c1. The van der Waals surface area contributed by atoms with Gasteiger partial charge in [-0.1, -0.05) is 36.9 Å². The second-order valence-corrected chi connectivity index (χ2v) is 6.41. The molecule has 0 aliphatic carbocycles. The summed E-state index contributed by atoms with van der Waals surface area (Å²) in [7, 11) is 0. The van der Waals surface area contributed by atoms with E-state index in [1.165, 1.54) is 11.8 Å². The maximum Gasteiger partial charge on any atom is 0.137 e. The van der Waals surface area contributed by atoms with Crippen LogP contribution in [-0.2, 0) is 6.54 Å². The molecule has 0 amide bonds. The van der Waals surface area contributed by atoms with Crippen molar-refractivity contribution >= 4 is 27.7 Å². The largest absolute Gasteiger partial charge is 0.313 e. The predicted octanol–water partition coefficient (Wildman–Crippen LogP) is 5.24. The van der Waals surface area contributed by atoms with E-state index in [4.69, 9.17) is 0 Å². The van der Waals surface area contributed by atoms with Crippen LogP contribution in [-0.4, -0.2) is 6.54 Å². The molecule has 0 bridgehead atoms. The molecule has 0 saturated heterocycles. The first-order valence-electron chi connectivity index (χ1n) is 6.62. The van der Waals surface area contributed by atoms with E-state index in [9.17, 15) is 4.39 Å². The van der Waals surface area contributed by atoms with Gasteiger partial charge in [0.1, 0.15) is 5.82 Å². The van der Waals surface area contributed by atoms with E-state index in [1.54, 1.807) is 6.07 Å². The van der Waals surface area contributed by atoms with Crippen LogP contribution in [0, 0.1) is 5.82 Å². The summed E-state index contributed by atoms with van der Waals surface area (Å²) >= 11 is 4.92. The Bertz CT molecular complexity index is 574. The molecule has 0 radical (unpaired) electrons. The minimum absolute atomic E-state index is 0.165. The Balaban J connectivity index is 2.08. The van der Waals surface area contributed by atoms with Crippen LogP contribution >= 0.6 is 27.7 Å². The van der Waals surface area contributed by atoms with Gasteiger partial charge in [0.2, 0.25) is 0 Å². The normalized spacial score (nSPS) is 10.8. The molecule has 0 spiro atoms. The van der Waals surface area contributed by atoms with E-state index < -0.39 is 0 Å². The first-order valence-corrected chi connectivity index (χ1v) is 8.23. The van der Waals surface area contributed by atoms with Gasteiger partial charge in [0, 0.05) is 20.8 Å². The van der Waals surface area contributed by atoms with Crippen molar-refractivity contribution < 1.29 is 4.39 Å². The topological polar surface area (TPSA) is 12.0 Å². The van der Waals surface area contributed by atoms with Crippen molar-refractivity contribution in [2.45, 2.75) is 29.7 Å². The van der Waals surface area contributed by atoms with E-state index in [-0.39, 0.29) is 5.82 Å². The number of rotatable bonds is 6. The van der Waals surface area contributed by atoms with E-state index in [0.29, 0.717) is 11.4 Å². The lowest BCUT2D eigenvalue weighted by atomic mass is 10.2. The zero-order chi connectivity index (χ0) is 14.4. The molecule has 0 heterocycles. The van der Waals surface area contributed by atoms with E-state index >= 15 is 0 Å². The van der Waals surface area contributed by atoms with Crippen molar-refractivity contribution in [2.75, 3.05) is 6.54 Å². The number of hydrogen-bond acceptors (Lipinski definition) is 2. The summed E-state index contributed by atoms with van der Waals surface area (Å²) in [5, 5.41) is 3.28. The average Bonchev–Trinajstić information content (AvgIpc) is 2.44. The maximum atomic E-state index is 14.1.